The normalized spacial score (nSPS) is 17.8. The summed E-state index contributed by atoms with van der Waals surface area (Å²) in [6.45, 7) is 0.458. The molecule has 2 heterocycles. The predicted octanol–water partition coefficient (Wildman–Crippen LogP) is 3.38. The molecule has 1 aliphatic rings. The predicted molar refractivity (Wildman–Crippen MR) is 123 cm³/mol. The highest BCUT2D eigenvalue weighted by atomic mass is 35.5. The molecular formula is C22H23ClN4O3S. The van der Waals surface area contributed by atoms with E-state index in [0.717, 1.165) is 19.3 Å². The molecule has 0 radical (unpaired) electrons. The number of imidazole rings is 1. The molecule has 7 nitrogen and oxygen atoms in total. The Morgan fingerprint density at radius 3 is 2.90 bits per heavy atom. The third kappa shape index (κ3) is 5.45. The largest absolute Gasteiger partial charge is 0.351 e. The number of nitrogens with one attached hydrogen (secondary N) is 4. The first kappa shape index (κ1) is 21.4. The summed E-state index contributed by atoms with van der Waals surface area (Å²) in [6, 6.07) is 7.23. The lowest BCUT2D eigenvalue weighted by atomic mass is 10.1. The van der Waals surface area contributed by atoms with Crippen LogP contribution >= 0.6 is 22.9 Å². The Kier molecular flexibility index (Phi) is 6.58. The highest BCUT2D eigenvalue weighted by Crippen LogP contribution is 2.22. The summed E-state index contributed by atoms with van der Waals surface area (Å²) in [5.74, 6) is -0.0636. The van der Waals surface area contributed by atoms with Gasteiger partial charge in [-0.3, -0.25) is 9.59 Å². The van der Waals surface area contributed by atoms with Crippen LogP contribution in [0.25, 0.3) is 11.0 Å². The monoisotopic (exact) mass is 458 g/mol. The highest BCUT2D eigenvalue weighted by molar-refractivity contribution is 7.09. The van der Waals surface area contributed by atoms with Gasteiger partial charge in [-0.1, -0.05) is 29.8 Å². The maximum atomic E-state index is 12.5. The molecule has 3 aromatic rings. The van der Waals surface area contributed by atoms with Gasteiger partial charge in [0, 0.05) is 29.4 Å². The van der Waals surface area contributed by atoms with Crippen molar-refractivity contribution in [1.29, 1.82) is 0 Å². The number of aromatic nitrogens is 2. The minimum absolute atomic E-state index is 0.00753. The van der Waals surface area contributed by atoms with Gasteiger partial charge in [0.1, 0.15) is 0 Å². The Hall–Kier alpha value is -2.84. The van der Waals surface area contributed by atoms with Crippen LogP contribution in [0.5, 0.6) is 0 Å². The number of aromatic amines is 2. The van der Waals surface area contributed by atoms with Gasteiger partial charge >= 0.3 is 5.69 Å². The van der Waals surface area contributed by atoms with Crippen molar-refractivity contribution in [3.05, 3.63) is 67.7 Å². The number of hydrogen-bond acceptors (Lipinski definition) is 4. The summed E-state index contributed by atoms with van der Waals surface area (Å²) >= 11 is 7.87. The lowest BCUT2D eigenvalue weighted by Crippen LogP contribution is -2.34. The van der Waals surface area contributed by atoms with E-state index >= 15 is 0 Å². The van der Waals surface area contributed by atoms with Crippen molar-refractivity contribution < 1.29 is 9.59 Å². The van der Waals surface area contributed by atoms with E-state index in [1.165, 1.54) is 10.9 Å². The molecule has 0 saturated carbocycles. The SMILES string of the molecule is O=C(CCCc1cccs1)N[C@@H]1C=C[C@H](CNC(=O)c2cc(Cl)c3[nH]c(=O)[nH]c3c2)C1. The first-order valence-corrected chi connectivity index (χ1v) is 11.4. The molecule has 1 aromatic carbocycles. The molecule has 0 saturated heterocycles. The summed E-state index contributed by atoms with van der Waals surface area (Å²) in [4.78, 5) is 42.6. The van der Waals surface area contributed by atoms with Crippen LogP contribution in [-0.4, -0.2) is 34.4 Å². The number of fused-ring (bicyclic) bond motifs is 1. The van der Waals surface area contributed by atoms with Crippen molar-refractivity contribution in [2.75, 3.05) is 6.54 Å². The van der Waals surface area contributed by atoms with Crippen LogP contribution in [0.2, 0.25) is 5.02 Å². The van der Waals surface area contributed by atoms with Gasteiger partial charge in [-0.25, -0.2) is 4.79 Å². The van der Waals surface area contributed by atoms with Gasteiger partial charge in [-0.05, 0) is 48.8 Å². The fourth-order valence-electron chi connectivity index (χ4n) is 3.75. The Labute approximate surface area is 187 Å². The molecule has 0 spiro atoms. The van der Waals surface area contributed by atoms with E-state index in [1.54, 1.807) is 17.4 Å². The second kappa shape index (κ2) is 9.53. The van der Waals surface area contributed by atoms with Gasteiger partial charge in [0.05, 0.1) is 16.1 Å². The maximum Gasteiger partial charge on any atom is 0.323 e. The zero-order valence-electron chi connectivity index (χ0n) is 16.7. The molecule has 0 aliphatic heterocycles. The Morgan fingerprint density at radius 1 is 1.23 bits per heavy atom. The zero-order valence-corrected chi connectivity index (χ0v) is 18.3. The van der Waals surface area contributed by atoms with E-state index in [4.69, 9.17) is 11.6 Å². The average molecular weight is 459 g/mol. The van der Waals surface area contributed by atoms with Crippen molar-refractivity contribution in [2.24, 2.45) is 5.92 Å². The Morgan fingerprint density at radius 2 is 2.10 bits per heavy atom. The van der Waals surface area contributed by atoms with Crippen molar-refractivity contribution >= 4 is 45.8 Å². The number of carbonyl (C=O) groups excluding carboxylic acids is 2. The number of hydrogen-bond donors (Lipinski definition) is 4. The zero-order chi connectivity index (χ0) is 21.8. The van der Waals surface area contributed by atoms with E-state index in [-0.39, 0.29) is 29.5 Å². The summed E-state index contributed by atoms with van der Waals surface area (Å²) in [7, 11) is 0. The molecule has 2 amide bonds. The molecule has 1 aliphatic carbocycles. The lowest BCUT2D eigenvalue weighted by molar-refractivity contribution is -0.121. The lowest BCUT2D eigenvalue weighted by Gasteiger charge is -2.14. The average Bonchev–Trinajstić information content (AvgIpc) is 3.47. The molecule has 162 valence electrons. The summed E-state index contributed by atoms with van der Waals surface area (Å²) in [5, 5.41) is 8.31. The van der Waals surface area contributed by atoms with Crippen LogP contribution in [0.1, 0.15) is 34.5 Å². The smallest absolute Gasteiger partial charge is 0.323 e. The standard InChI is InChI=1S/C22H23ClN4O3S/c23-17-10-14(11-18-20(17)27-22(30)26-18)21(29)24-12-13-6-7-15(9-13)25-19(28)5-1-3-16-4-2-8-31-16/h2,4,6-8,10-11,13,15H,1,3,5,9,12H2,(H,24,29)(H,25,28)(H2,26,27,30)/t13-,15+/m0/s1. The quantitative estimate of drug-likeness (QED) is 0.388. The second-order valence-corrected chi connectivity index (χ2v) is 9.10. The minimum atomic E-state index is -0.370. The fourth-order valence-corrected chi connectivity index (χ4v) is 4.76. The van der Waals surface area contributed by atoms with Gasteiger partial charge in [0.15, 0.2) is 0 Å². The van der Waals surface area contributed by atoms with Gasteiger partial charge < -0.3 is 20.6 Å². The van der Waals surface area contributed by atoms with Gasteiger partial charge in [-0.2, -0.15) is 0 Å². The molecule has 31 heavy (non-hydrogen) atoms. The third-order valence-corrected chi connectivity index (χ3v) is 6.52. The molecular weight excluding hydrogens is 436 g/mol. The van der Waals surface area contributed by atoms with Crippen LogP contribution in [0, 0.1) is 5.92 Å². The third-order valence-electron chi connectivity index (χ3n) is 5.29. The van der Waals surface area contributed by atoms with E-state index in [9.17, 15) is 14.4 Å². The molecule has 4 rings (SSSR count). The van der Waals surface area contributed by atoms with E-state index < -0.39 is 0 Å². The Balaban J connectivity index is 1.21. The Bertz CT molecular complexity index is 1170. The summed E-state index contributed by atoms with van der Waals surface area (Å²) in [5.41, 5.74) is 0.983. The number of thiophene rings is 1. The fraction of sp³-hybridized carbons (Fsp3) is 0.318. The maximum absolute atomic E-state index is 12.5. The molecule has 2 aromatic heterocycles. The van der Waals surface area contributed by atoms with E-state index in [2.05, 4.69) is 26.7 Å². The second-order valence-electron chi connectivity index (χ2n) is 7.66. The molecule has 0 fully saturated rings. The minimum Gasteiger partial charge on any atom is -0.351 e. The number of amides is 2. The van der Waals surface area contributed by atoms with Crippen LogP contribution in [0.4, 0.5) is 0 Å². The molecule has 9 heteroatoms. The number of carbonyl (C=O) groups is 2. The van der Waals surface area contributed by atoms with Crippen molar-refractivity contribution in [1.82, 2.24) is 20.6 Å². The number of aryl methyl sites for hydroxylation is 1. The van der Waals surface area contributed by atoms with Crippen LogP contribution in [0.3, 0.4) is 0 Å². The van der Waals surface area contributed by atoms with Crippen molar-refractivity contribution in [3.8, 4) is 0 Å². The molecule has 2 atom stereocenters. The summed E-state index contributed by atoms with van der Waals surface area (Å²) < 4.78 is 0. The van der Waals surface area contributed by atoms with Crippen LogP contribution in [0.15, 0.2) is 46.6 Å². The van der Waals surface area contributed by atoms with E-state index in [0.29, 0.717) is 34.6 Å². The van der Waals surface area contributed by atoms with Crippen LogP contribution in [-0.2, 0) is 11.2 Å². The first-order valence-electron chi connectivity index (χ1n) is 10.2. The molecule has 0 bridgehead atoms. The topological polar surface area (TPSA) is 107 Å². The number of H-pyrrole nitrogens is 2. The number of halogens is 1. The summed E-state index contributed by atoms with van der Waals surface area (Å²) in [6.07, 6.45) is 7.03. The van der Waals surface area contributed by atoms with Gasteiger partial charge in [0.25, 0.3) is 5.91 Å². The van der Waals surface area contributed by atoms with Gasteiger partial charge in [0.2, 0.25) is 5.91 Å². The molecule has 0 unspecified atom stereocenters. The van der Waals surface area contributed by atoms with Crippen molar-refractivity contribution in [3.63, 3.8) is 0 Å². The highest BCUT2D eigenvalue weighted by Gasteiger charge is 2.21. The van der Waals surface area contributed by atoms with Gasteiger partial charge in [-0.15, -0.1) is 11.3 Å². The molecule has 4 N–H and O–H groups in total. The van der Waals surface area contributed by atoms with Crippen molar-refractivity contribution in [2.45, 2.75) is 31.7 Å². The van der Waals surface area contributed by atoms with E-state index in [1.807, 2.05) is 23.6 Å². The van der Waals surface area contributed by atoms with Crippen LogP contribution < -0.4 is 16.3 Å². The number of benzene rings is 1. The number of rotatable bonds is 8. The first-order chi connectivity index (χ1) is 15.0.